The quantitative estimate of drug-likeness (QED) is 0.664. The predicted octanol–water partition coefficient (Wildman–Crippen LogP) is 1.10. The molecular weight excluding hydrogens is 204 g/mol. The normalized spacial score (nSPS) is 12.5. The van der Waals surface area contributed by atoms with E-state index in [9.17, 15) is 4.79 Å². The number of aromatic amines is 1. The number of carbonyl (C=O) groups excluding carboxylic acids is 1. The van der Waals surface area contributed by atoms with Crippen molar-refractivity contribution < 1.29 is 4.79 Å². The third-order valence-corrected chi connectivity index (χ3v) is 2.77. The van der Waals surface area contributed by atoms with Gasteiger partial charge in [0.2, 0.25) is 0 Å². The average molecular weight is 214 g/mol. The Morgan fingerprint density at radius 1 is 1.50 bits per heavy atom. The first-order valence-corrected chi connectivity index (χ1v) is 4.95. The maximum atomic E-state index is 11.3. The van der Waals surface area contributed by atoms with Crippen molar-refractivity contribution in [2.24, 2.45) is 5.73 Å². The van der Waals surface area contributed by atoms with Crippen LogP contribution in [-0.2, 0) is 6.54 Å². The van der Waals surface area contributed by atoms with E-state index in [0.717, 1.165) is 22.5 Å². The second-order valence-corrected chi connectivity index (χ2v) is 3.69. The third kappa shape index (κ3) is 1.11. The van der Waals surface area contributed by atoms with Crippen LogP contribution in [0.5, 0.6) is 0 Å². The molecule has 4 N–H and O–H groups in total. The van der Waals surface area contributed by atoms with Gasteiger partial charge >= 0.3 is 0 Å². The van der Waals surface area contributed by atoms with Crippen LogP contribution in [0.25, 0.3) is 11.1 Å². The number of anilines is 1. The molecule has 5 heteroatoms. The first-order valence-electron chi connectivity index (χ1n) is 4.95. The number of carbonyl (C=O) groups is 1. The molecule has 0 bridgehead atoms. The molecule has 1 aliphatic heterocycles. The van der Waals surface area contributed by atoms with Gasteiger partial charge in [0.25, 0.3) is 5.91 Å². The summed E-state index contributed by atoms with van der Waals surface area (Å²) >= 11 is 0. The molecule has 3 heterocycles. The van der Waals surface area contributed by atoms with Crippen molar-refractivity contribution in [2.45, 2.75) is 6.54 Å². The highest BCUT2D eigenvalue weighted by Crippen LogP contribution is 2.36. The van der Waals surface area contributed by atoms with Gasteiger partial charge in [-0.3, -0.25) is 9.78 Å². The summed E-state index contributed by atoms with van der Waals surface area (Å²) in [6.45, 7) is 0.654. The van der Waals surface area contributed by atoms with Crippen LogP contribution in [0.15, 0.2) is 24.7 Å². The van der Waals surface area contributed by atoms with Gasteiger partial charge in [0, 0.05) is 29.2 Å². The summed E-state index contributed by atoms with van der Waals surface area (Å²) in [7, 11) is 0. The molecule has 3 rings (SSSR count). The second-order valence-electron chi connectivity index (χ2n) is 3.69. The molecule has 16 heavy (non-hydrogen) atoms. The number of pyridine rings is 1. The minimum atomic E-state index is -0.415. The average Bonchev–Trinajstić information content (AvgIpc) is 2.73. The molecule has 0 radical (unpaired) electrons. The van der Waals surface area contributed by atoms with Crippen LogP contribution in [0.1, 0.15) is 16.1 Å². The number of fused-ring (bicyclic) bond motifs is 3. The summed E-state index contributed by atoms with van der Waals surface area (Å²) in [5, 5.41) is 3.23. The Kier molecular flexibility index (Phi) is 1.73. The third-order valence-electron chi connectivity index (χ3n) is 2.77. The fraction of sp³-hybridized carbons (Fsp3) is 0.0909. The molecule has 5 nitrogen and oxygen atoms in total. The summed E-state index contributed by atoms with van der Waals surface area (Å²) < 4.78 is 0. The molecule has 1 aliphatic rings. The SMILES string of the molecule is NC(=O)c1c[nH]c2c1-c1ccncc1NC2. The largest absolute Gasteiger partial charge is 0.378 e. The number of amides is 1. The summed E-state index contributed by atoms with van der Waals surface area (Å²) in [5.41, 5.74) is 9.64. The van der Waals surface area contributed by atoms with Gasteiger partial charge in [-0.15, -0.1) is 0 Å². The smallest absolute Gasteiger partial charge is 0.250 e. The maximum Gasteiger partial charge on any atom is 0.250 e. The molecule has 0 atom stereocenters. The highest BCUT2D eigenvalue weighted by atomic mass is 16.1. The van der Waals surface area contributed by atoms with E-state index in [1.54, 1.807) is 18.6 Å². The van der Waals surface area contributed by atoms with E-state index < -0.39 is 5.91 Å². The molecule has 0 saturated heterocycles. The monoisotopic (exact) mass is 214 g/mol. The molecule has 0 saturated carbocycles. The number of primary amides is 1. The van der Waals surface area contributed by atoms with Gasteiger partial charge < -0.3 is 16.0 Å². The van der Waals surface area contributed by atoms with Gasteiger partial charge in [0.05, 0.1) is 24.0 Å². The number of aromatic nitrogens is 2. The summed E-state index contributed by atoms with van der Waals surface area (Å²) in [6.07, 6.45) is 5.10. The zero-order chi connectivity index (χ0) is 11.1. The van der Waals surface area contributed by atoms with Crippen LogP contribution < -0.4 is 11.1 Å². The molecule has 0 spiro atoms. The lowest BCUT2D eigenvalue weighted by atomic mass is 9.98. The van der Waals surface area contributed by atoms with Gasteiger partial charge in [-0.05, 0) is 6.07 Å². The summed E-state index contributed by atoms with van der Waals surface area (Å²) in [5.74, 6) is -0.415. The van der Waals surface area contributed by atoms with Crippen LogP contribution in [0.2, 0.25) is 0 Å². The Labute approximate surface area is 91.7 Å². The minimum Gasteiger partial charge on any atom is -0.378 e. The Bertz CT molecular complexity index is 573. The van der Waals surface area contributed by atoms with Crippen LogP contribution in [-0.4, -0.2) is 15.9 Å². The maximum absolute atomic E-state index is 11.3. The van der Waals surface area contributed by atoms with Crippen molar-refractivity contribution in [3.63, 3.8) is 0 Å². The lowest BCUT2D eigenvalue weighted by molar-refractivity contribution is 0.100. The lowest BCUT2D eigenvalue weighted by Crippen LogP contribution is -2.14. The predicted molar refractivity (Wildman–Crippen MR) is 59.9 cm³/mol. The summed E-state index contributed by atoms with van der Waals surface area (Å²) in [6, 6.07) is 1.88. The Hall–Kier alpha value is -2.30. The molecule has 1 amide bonds. The van der Waals surface area contributed by atoms with Gasteiger partial charge in [-0.2, -0.15) is 0 Å². The Morgan fingerprint density at radius 2 is 2.38 bits per heavy atom. The van der Waals surface area contributed by atoms with Crippen molar-refractivity contribution >= 4 is 11.6 Å². The molecule has 2 aromatic heterocycles. The molecule has 0 aliphatic carbocycles. The zero-order valence-electron chi connectivity index (χ0n) is 8.45. The van der Waals surface area contributed by atoms with Crippen molar-refractivity contribution in [1.29, 1.82) is 0 Å². The minimum absolute atomic E-state index is 0.415. The van der Waals surface area contributed by atoms with E-state index in [0.29, 0.717) is 12.1 Å². The number of hydrogen-bond acceptors (Lipinski definition) is 3. The van der Waals surface area contributed by atoms with Gasteiger partial charge in [-0.25, -0.2) is 0 Å². The molecule has 0 fully saturated rings. The summed E-state index contributed by atoms with van der Waals surface area (Å²) in [4.78, 5) is 18.4. The van der Waals surface area contributed by atoms with Crippen molar-refractivity contribution in [1.82, 2.24) is 9.97 Å². The first kappa shape index (κ1) is 8.96. The second kappa shape index (κ2) is 3.10. The number of rotatable bonds is 1. The van der Waals surface area contributed by atoms with Crippen molar-refractivity contribution in [3.8, 4) is 11.1 Å². The van der Waals surface area contributed by atoms with Crippen molar-refractivity contribution in [3.05, 3.63) is 35.9 Å². The number of nitrogens with one attached hydrogen (secondary N) is 2. The Balaban J connectivity index is 2.29. The molecular formula is C11H10N4O. The number of H-pyrrole nitrogens is 1. The van der Waals surface area contributed by atoms with E-state index in [1.807, 2.05) is 6.07 Å². The number of hydrogen-bond donors (Lipinski definition) is 3. The van der Waals surface area contributed by atoms with Crippen LogP contribution >= 0.6 is 0 Å². The topological polar surface area (TPSA) is 83.8 Å². The first-order chi connectivity index (χ1) is 7.77. The van der Waals surface area contributed by atoms with Crippen LogP contribution in [0, 0.1) is 0 Å². The van der Waals surface area contributed by atoms with E-state index in [2.05, 4.69) is 15.3 Å². The fourth-order valence-electron chi connectivity index (χ4n) is 2.04. The fourth-order valence-corrected chi connectivity index (χ4v) is 2.04. The van der Waals surface area contributed by atoms with E-state index in [1.165, 1.54) is 0 Å². The van der Waals surface area contributed by atoms with Gasteiger partial charge in [0.1, 0.15) is 0 Å². The molecule has 80 valence electrons. The van der Waals surface area contributed by atoms with Crippen LogP contribution in [0.3, 0.4) is 0 Å². The van der Waals surface area contributed by atoms with Gasteiger partial charge in [0.15, 0.2) is 0 Å². The van der Waals surface area contributed by atoms with E-state index >= 15 is 0 Å². The lowest BCUT2D eigenvalue weighted by Gasteiger charge is -2.18. The molecule has 0 unspecified atom stereocenters. The van der Waals surface area contributed by atoms with Gasteiger partial charge in [-0.1, -0.05) is 0 Å². The highest BCUT2D eigenvalue weighted by Gasteiger charge is 2.22. The Morgan fingerprint density at radius 3 is 3.19 bits per heavy atom. The van der Waals surface area contributed by atoms with E-state index in [-0.39, 0.29) is 0 Å². The molecule has 2 aromatic rings. The number of nitrogens with two attached hydrogens (primary N) is 1. The zero-order valence-corrected chi connectivity index (χ0v) is 8.45. The number of nitrogens with zero attached hydrogens (tertiary/aromatic N) is 1. The standard InChI is InChI=1S/C11H10N4O/c12-11(16)7-3-14-9-5-15-8-4-13-2-1-6(8)10(7)9/h1-4,14-15H,5H2,(H2,12,16). The van der Waals surface area contributed by atoms with E-state index in [4.69, 9.17) is 5.73 Å². The highest BCUT2D eigenvalue weighted by molar-refractivity contribution is 6.02. The van der Waals surface area contributed by atoms with Crippen molar-refractivity contribution in [2.75, 3.05) is 5.32 Å². The van der Waals surface area contributed by atoms with Crippen LogP contribution in [0.4, 0.5) is 5.69 Å². The molecule has 0 aromatic carbocycles.